The topological polar surface area (TPSA) is 81.6 Å². The average molecular weight is 494 g/mol. The van der Waals surface area contributed by atoms with Gasteiger partial charge in [-0.25, -0.2) is 4.79 Å². The molecule has 7 nitrogen and oxygen atoms in total. The van der Waals surface area contributed by atoms with Gasteiger partial charge in [-0.2, -0.15) is 0 Å². The second kappa shape index (κ2) is 11.5. The predicted molar refractivity (Wildman–Crippen MR) is 144 cm³/mol. The number of nitrogens with one attached hydrogen (secondary N) is 2. The molecule has 0 spiro atoms. The Bertz CT molecular complexity index is 1210. The zero-order chi connectivity index (χ0) is 26.5. The number of fused-ring (bicyclic) bond motifs is 1. The summed E-state index contributed by atoms with van der Waals surface area (Å²) in [4.78, 5) is 25.7. The van der Waals surface area contributed by atoms with E-state index >= 15 is 0 Å². The minimum atomic E-state index is -0.796. The van der Waals surface area contributed by atoms with E-state index in [0.717, 1.165) is 33.3 Å². The van der Waals surface area contributed by atoms with Gasteiger partial charge in [0.2, 0.25) is 5.91 Å². The molecule has 3 aromatic rings. The molecule has 0 aliphatic heterocycles. The first-order valence-corrected chi connectivity index (χ1v) is 12.5. The summed E-state index contributed by atoms with van der Waals surface area (Å²) >= 11 is 0. The lowest BCUT2D eigenvalue weighted by Crippen LogP contribution is -2.50. The lowest BCUT2D eigenvalue weighted by molar-refractivity contribution is -0.123. The molecule has 194 valence electrons. The molecule has 0 radical (unpaired) electrons. The van der Waals surface area contributed by atoms with Crippen molar-refractivity contribution in [2.24, 2.45) is 7.05 Å². The number of aryl methyl sites for hydroxylation is 2. The van der Waals surface area contributed by atoms with Crippen LogP contribution in [-0.2, 0) is 23.0 Å². The Morgan fingerprint density at radius 3 is 2.50 bits per heavy atom. The second-order valence-electron chi connectivity index (χ2n) is 10.5. The number of rotatable bonds is 9. The van der Waals surface area contributed by atoms with Crippen LogP contribution >= 0.6 is 0 Å². The first-order chi connectivity index (χ1) is 16.9. The largest absolute Gasteiger partial charge is 0.491 e. The van der Waals surface area contributed by atoms with E-state index in [2.05, 4.69) is 36.6 Å². The molecule has 7 heteroatoms. The lowest BCUT2D eigenvalue weighted by atomic mass is 10.0. The van der Waals surface area contributed by atoms with Crippen LogP contribution in [0, 0.1) is 6.92 Å². The van der Waals surface area contributed by atoms with Crippen LogP contribution in [0.4, 0.5) is 4.79 Å². The highest BCUT2D eigenvalue weighted by atomic mass is 16.6. The van der Waals surface area contributed by atoms with Gasteiger partial charge in [0.25, 0.3) is 0 Å². The van der Waals surface area contributed by atoms with Gasteiger partial charge in [-0.1, -0.05) is 44.2 Å². The molecule has 0 fully saturated rings. The highest BCUT2D eigenvalue weighted by molar-refractivity contribution is 5.88. The lowest BCUT2D eigenvalue weighted by Gasteiger charge is -2.23. The fourth-order valence-corrected chi connectivity index (χ4v) is 4.17. The molecule has 0 saturated carbocycles. The van der Waals surface area contributed by atoms with Gasteiger partial charge in [0.1, 0.15) is 24.0 Å². The molecule has 0 saturated heterocycles. The van der Waals surface area contributed by atoms with E-state index in [-0.39, 0.29) is 5.91 Å². The number of alkyl carbamates (subject to hydrolysis) is 1. The van der Waals surface area contributed by atoms with Crippen molar-refractivity contribution in [1.29, 1.82) is 0 Å². The molecule has 0 unspecified atom stereocenters. The third kappa shape index (κ3) is 7.26. The summed E-state index contributed by atoms with van der Waals surface area (Å²) in [6.45, 7) is 12.3. The zero-order valence-electron chi connectivity index (χ0n) is 22.5. The van der Waals surface area contributed by atoms with E-state index in [4.69, 9.17) is 9.47 Å². The monoisotopic (exact) mass is 493 g/mol. The van der Waals surface area contributed by atoms with E-state index in [1.165, 1.54) is 0 Å². The van der Waals surface area contributed by atoms with Gasteiger partial charge >= 0.3 is 6.09 Å². The van der Waals surface area contributed by atoms with E-state index in [9.17, 15) is 9.59 Å². The smallest absolute Gasteiger partial charge is 0.408 e. The average Bonchev–Trinajstić information content (AvgIpc) is 3.10. The van der Waals surface area contributed by atoms with Crippen LogP contribution in [0.1, 0.15) is 57.2 Å². The number of nitrogens with zero attached hydrogens (tertiary/aromatic N) is 1. The van der Waals surface area contributed by atoms with Gasteiger partial charge in [0.15, 0.2) is 0 Å². The summed E-state index contributed by atoms with van der Waals surface area (Å²) in [5.74, 6) is 0.877. The fourth-order valence-electron chi connectivity index (χ4n) is 4.17. The van der Waals surface area contributed by atoms with Gasteiger partial charge in [0.05, 0.1) is 6.54 Å². The van der Waals surface area contributed by atoms with Crippen molar-refractivity contribution < 1.29 is 19.1 Å². The van der Waals surface area contributed by atoms with Crippen LogP contribution in [0.2, 0.25) is 0 Å². The molecule has 2 amide bonds. The summed E-state index contributed by atoms with van der Waals surface area (Å²) in [6.07, 6.45) is 1.71. The third-order valence-electron chi connectivity index (χ3n) is 5.86. The maximum atomic E-state index is 13.2. The molecule has 3 rings (SSSR count). The SMILES string of the molecule is Cc1ccc(C(C)C)c(OCCNC(=O)[C@@H](Cc2cn(C)c3ccccc23)NC(=O)OC(C)(C)C)c1. The van der Waals surface area contributed by atoms with Crippen molar-refractivity contribution in [3.8, 4) is 5.75 Å². The molecule has 2 aromatic carbocycles. The fraction of sp³-hybridized carbons (Fsp3) is 0.448. The third-order valence-corrected chi connectivity index (χ3v) is 5.86. The highest BCUT2D eigenvalue weighted by Gasteiger charge is 2.26. The molecule has 2 N–H and O–H groups in total. The Balaban J connectivity index is 1.69. The van der Waals surface area contributed by atoms with Crippen LogP contribution < -0.4 is 15.4 Å². The summed E-state index contributed by atoms with van der Waals surface area (Å²) in [5, 5.41) is 6.73. The van der Waals surface area contributed by atoms with Crippen LogP contribution in [0.25, 0.3) is 10.9 Å². The van der Waals surface area contributed by atoms with Crippen molar-refractivity contribution in [1.82, 2.24) is 15.2 Å². The number of carbonyl (C=O) groups is 2. The van der Waals surface area contributed by atoms with Crippen LogP contribution in [0.15, 0.2) is 48.7 Å². The predicted octanol–water partition coefficient (Wildman–Crippen LogP) is 5.24. The van der Waals surface area contributed by atoms with Gasteiger partial charge in [-0.3, -0.25) is 4.79 Å². The molecular weight excluding hydrogens is 454 g/mol. The Hall–Kier alpha value is -3.48. The number of amides is 2. The van der Waals surface area contributed by atoms with E-state index in [0.29, 0.717) is 25.5 Å². The van der Waals surface area contributed by atoms with Crippen molar-refractivity contribution in [2.75, 3.05) is 13.2 Å². The molecule has 0 bridgehead atoms. The minimum Gasteiger partial charge on any atom is -0.491 e. The molecule has 36 heavy (non-hydrogen) atoms. The van der Waals surface area contributed by atoms with Crippen LogP contribution in [-0.4, -0.2) is 41.4 Å². The van der Waals surface area contributed by atoms with E-state index in [1.54, 1.807) is 20.8 Å². The highest BCUT2D eigenvalue weighted by Crippen LogP contribution is 2.27. The standard InChI is InChI=1S/C29H39N3O4/c1-19(2)22-13-12-20(3)16-26(22)35-15-14-30-27(33)24(31-28(34)36-29(4,5)6)17-21-18-32(7)25-11-9-8-10-23(21)25/h8-13,16,18-19,24H,14-15,17H2,1-7H3,(H,30,33)(H,31,34)/t24-/m1/s1. The quantitative estimate of drug-likeness (QED) is 0.400. The van der Waals surface area contributed by atoms with E-state index in [1.807, 2.05) is 55.1 Å². The number of ether oxygens (including phenoxy) is 2. The van der Waals surface area contributed by atoms with Gasteiger partial charge < -0.3 is 24.7 Å². The second-order valence-corrected chi connectivity index (χ2v) is 10.5. The molecule has 0 aliphatic carbocycles. The Morgan fingerprint density at radius 2 is 1.81 bits per heavy atom. The van der Waals surface area contributed by atoms with Crippen molar-refractivity contribution >= 4 is 22.9 Å². The van der Waals surface area contributed by atoms with Crippen molar-refractivity contribution in [2.45, 2.75) is 65.5 Å². The van der Waals surface area contributed by atoms with Gasteiger partial charge in [-0.05, 0) is 62.4 Å². The number of carbonyl (C=O) groups excluding carboxylic acids is 2. The number of benzene rings is 2. The van der Waals surface area contributed by atoms with Crippen molar-refractivity contribution in [3.63, 3.8) is 0 Å². The Labute approximate surface area is 214 Å². The molecule has 1 aromatic heterocycles. The number of hydrogen-bond donors (Lipinski definition) is 2. The number of aromatic nitrogens is 1. The van der Waals surface area contributed by atoms with E-state index < -0.39 is 17.7 Å². The maximum absolute atomic E-state index is 13.2. The molecular formula is C29H39N3O4. The summed E-state index contributed by atoms with van der Waals surface area (Å²) in [5.41, 5.74) is 3.63. The molecule has 1 atom stereocenters. The first-order valence-electron chi connectivity index (χ1n) is 12.5. The van der Waals surface area contributed by atoms with Gasteiger partial charge in [0, 0.05) is 30.6 Å². The number of para-hydroxylation sites is 1. The summed E-state index contributed by atoms with van der Waals surface area (Å²) in [6, 6.07) is 13.4. The normalized spacial score (nSPS) is 12.4. The Kier molecular flexibility index (Phi) is 8.66. The van der Waals surface area contributed by atoms with Gasteiger partial charge in [-0.15, -0.1) is 0 Å². The summed E-state index contributed by atoms with van der Waals surface area (Å²) in [7, 11) is 1.97. The Morgan fingerprint density at radius 1 is 1.08 bits per heavy atom. The van der Waals surface area contributed by atoms with Crippen LogP contribution in [0.5, 0.6) is 5.75 Å². The molecule has 1 heterocycles. The minimum absolute atomic E-state index is 0.286. The maximum Gasteiger partial charge on any atom is 0.408 e. The van der Waals surface area contributed by atoms with Crippen LogP contribution in [0.3, 0.4) is 0 Å². The van der Waals surface area contributed by atoms with Crippen molar-refractivity contribution in [3.05, 3.63) is 65.4 Å². The molecule has 0 aliphatic rings. The number of hydrogen-bond acceptors (Lipinski definition) is 4. The summed E-state index contributed by atoms with van der Waals surface area (Å²) < 4.78 is 13.4. The first kappa shape index (κ1) is 27.1. The zero-order valence-corrected chi connectivity index (χ0v) is 22.5.